The molecule has 0 saturated heterocycles. The molecule has 0 aliphatic rings. The molecule has 0 fully saturated rings. The van der Waals surface area contributed by atoms with Gasteiger partial charge in [-0.3, -0.25) is 9.36 Å². The van der Waals surface area contributed by atoms with Gasteiger partial charge in [-0.25, -0.2) is 0 Å². The largest absolute Gasteiger partial charge is 0.497 e. The molecule has 0 spiro atoms. The molecule has 7 nitrogen and oxygen atoms in total. The number of methoxy groups -OCH3 is 2. The van der Waals surface area contributed by atoms with Crippen molar-refractivity contribution in [3.05, 3.63) is 77.8 Å². The lowest BCUT2D eigenvalue weighted by Gasteiger charge is -2.15. The Morgan fingerprint density at radius 1 is 1.00 bits per heavy atom. The third-order valence-electron chi connectivity index (χ3n) is 5.06. The Morgan fingerprint density at radius 3 is 2.47 bits per heavy atom. The minimum atomic E-state index is -0.453. The second-order valence-corrected chi connectivity index (χ2v) is 9.04. The fourth-order valence-corrected chi connectivity index (χ4v) is 4.39. The predicted molar refractivity (Wildman–Crippen MR) is 135 cm³/mol. The van der Waals surface area contributed by atoms with E-state index >= 15 is 0 Å². The van der Waals surface area contributed by atoms with Gasteiger partial charge in [-0.2, -0.15) is 0 Å². The lowest BCUT2D eigenvalue weighted by molar-refractivity contribution is -0.115. The summed E-state index contributed by atoms with van der Waals surface area (Å²) in [6.07, 6.45) is 0. The van der Waals surface area contributed by atoms with Crippen LogP contribution in [0.5, 0.6) is 11.5 Å². The highest BCUT2D eigenvalue weighted by Crippen LogP contribution is 2.35. The van der Waals surface area contributed by atoms with Crippen molar-refractivity contribution < 1.29 is 14.3 Å². The van der Waals surface area contributed by atoms with Crippen molar-refractivity contribution in [2.75, 3.05) is 19.5 Å². The number of aromatic nitrogens is 3. The van der Waals surface area contributed by atoms with E-state index in [4.69, 9.17) is 21.1 Å². The number of rotatable bonds is 8. The number of hydrogen-bond donors (Lipinski definition) is 1. The number of benzene rings is 3. The lowest BCUT2D eigenvalue weighted by atomic mass is 10.2. The summed E-state index contributed by atoms with van der Waals surface area (Å²) < 4.78 is 12.8. The molecule has 0 saturated carbocycles. The Hall–Kier alpha value is -3.49. The second-order valence-electron chi connectivity index (χ2n) is 7.30. The smallest absolute Gasteiger partial charge is 0.237 e. The number of carbonyl (C=O) groups excluding carboxylic acids is 1. The quantitative estimate of drug-likeness (QED) is 0.315. The molecule has 1 atom stereocenters. The molecule has 9 heteroatoms. The van der Waals surface area contributed by atoms with E-state index in [-0.39, 0.29) is 5.91 Å². The van der Waals surface area contributed by atoms with Crippen LogP contribution in [0.2, 0.25) is 5.02 Å². The van der Waals surface area contributed by atoms with Crippen molar-refractivity contribution in [2.24, 2.45) is 0 Å². The van der Waals surface area contributed by atoms with Gasteiger partial charge in [0.25, 0.3) is 0 Å². The summed E-state index contributed by atoms with van der Waals surface area (Å²) in [7, 11) is 3.24. The van der Waals surface area contributed by atoms with Gasteiger partial charge < -0.3 is 14.8 Å². The van der Waals surface area contributed by atoms with E-state index < -0.39 is 5.25 Å². The topological polar surface area (TPSA) is 78.3 Å². The highest BCUT2D eigenvalue weighted by atomic mass is 35.5. The molecule has 0 bridgehead atoms. The van der Waals surface area contributed by atoms with E-state index in [0.717, 1.165) is 17.0 Å². The van der Waals surface area contributed by atoms with E-state index in [1.54, 1.807) is 38.5 Å². The van der Waals surface area contributed by atoms with Gasteiger partial charge in [0.05, 0.1) is 30.7 Å². The van der Waals surface area contributed by atoms with Crippen LogP contribution in [0.3, 0.4) is 0 Å². The highest BCUT2D eigenvalue weighted by Gasteiger charge is 2.23. The van der Waals surface area contributed by atoms with Gasteiger partial charge >= 0.3 is 0 Å². The normalized spacial score (nSPS) is 11.6. The van der Waals surface area contributed by atoms with Gasteiger partial charge in [-0.05, 0) is 61.5 Å². The van der Waals surface area contributed by atoms with E-state index in [1.165, 1.54) is 11.8 Å². The Bertz CT molecular complexity index is 1290. The first kappa shape index (κ1) is 23.7. The summed E-state index contributed by atoms with van der Waals surface area (Å²) in [5.74, 6) is 1.84. The van der Waals surface area contributed by atoms with Crippen molar-refractivity contribution in [1.29, 1.82) is 0 Å². The number of amides is 1. The summed E-state index contributed by atoms with van der Waals surface area (Å²) in [6.45, 7) is 1.82. The number of halogens is 1. The first-order chi connectivity index (χ1) is 16.5. The number of para-hydroxylation sites is 1. The predicted octanol–water partition coefficient (Wildman–Crippen LogP) is 5.72. The lowest BCUT2D eigenvalue weighted by Crippen LogP contribution is -2.22. The molecular weight excluding hydrogens is 472 g/mol. The van der Waals surface area contributed by atoms with Crippen LogP contribution in [-0.2, 0) is 4.79 Å². The molecule has 1 heterocycles. The van der Waals surface area contributed by atoms with Crippen LogP contribution in [0, 0.1) is 0 Å². The molecule has 4 aromatic rings. The van der Waals surface area contributed by atoms with Crippen molar-refractivity contribution in [3.8, 4) is 28.6 Å². The number of thioether (sulfide) groups is 1. The molecule has 3 aromatic carbocycles. The molecule has 4 rings (SSSR count). The molecule has 34 heavy (non-hydrogen) atoms. The van der Waals surface area contributed by atoms with Crippen molar-refractivity contribution in [2.45, 2.75) is 17.3 Å². The number of carbonyl (C=O) groups is 1. The van der Waals surface area contributed by atoms with Crippen LogP contribution in [0.1, 0.15) is 6.92 Å². The average Bonchev–Trinajstić information content (AvgIpc) is 3.27. The Labute approximate surface area is 207 Å². The molecule has 1 unspecified atom stereocenters. The number of nitrogens with zero attached hydrogens (tertiary/aromatic N) is 3. The zero-order chi connectivity index (χ0) is 24.1. The summed E-state index contributed by atoms with van der Waals surface area (Å²) in [5.41, 5.74) is 2.25. The number of anilines is 1. The number of nitrogens with one attached hydrogen (secondary N) is 1. The van der Waals surface area contributed by atoms with Crippen LogP contribution in [-0.4, -0.2) is 40.1 Å². The van der Waals surface area contributed by atoms with Crippen LogP contribution < -0.4 is 14.8 Å². The van der Waals surface area contributed by atoms with E-state index in [0.29, 0.717) is 27.4 Å². The van der Waals surface area contributed by atoms with Crippen molar-refractivity contribution >= 4 is 35.0 Å². The first-order valence-electron chi connectivity index (χ1n) is 10.5. The maximum absolute atomic E-state index is 12.9. The molecule has 1 amide bonds. The molecule has 0 radical (unpaired) electrons. The fourth-order valence-electron chi connectivity index (χ4n) is 3.34. The van der Waals surface area contributed by atoms with Crippen LogP contribution in [0.25, 0.3) is 17.1 Å². The third kappa shape index (κ3) is 5.18. The van der Waals surface area contributed by atoms with Crippen LogP contribution in [0.15, 0.2) is 78.0 Å². The fraction of sp³-hybridized carbons (Fsp3) is 0.160. The number of ether oxygens (including phenoxy) is 2. The zero-order valence-corrected chi connectivity index (χ0v) is 20.4. The standard InChI is InChI=1S/C25H23ClN4O3S/c1-16(24(31)27-18-8-6-7-17(26)15-18)34-25-29-28-23(21-9-4-5-10-22(21)33-3)30(25)19-11-13-20(32-2)14-12-19/h4-16H,1-3H3,(H,27,31). The Kier molecular flexibility index (Phi) is 7.40. The van der Waals surface area contributed by atoms with Gasteiger partial charge in [0, 0.05) is 10.7 Å². The minimum Gasteiger partial charge on any atom is -0.497 e. The van der Waals surface area contributed by atoms with E-state index in [9.17, 15) is 4.79 Å². The SMILES string of the molecule is COc1ccc(-n2c(SC(C)C(=O)Nc3cccc(Cl)c3)nnc2-c2ccccc2OC)cc1. The van der Waals surface area contributed by atoms with Crippen molar-refractivity contribution in [3.63, 3.8) is 0 Å². The highest BCUT2D eigenvalue weighted by molar-refractivity contribution is 8.00. The summed E-state index contributed by atoms with van der Waals surface area (Å²) in [6, 6.07) is 22.2. The van der Waals surface area contributed by atoms with Gasteiger partial charge in [-0.15, -0.1) is 10.2 Å². The first-order valence-corrected chi connectivity index (χ1v) is 11.7. The Morgan fingerprint density at radius 2 is 1.76 bits per heavy atom. The van der Waals surface area contributed by atoms with E-state index in [1.807, 2.05) is 60.0 Å². The Balaban J connectivity index is 1.69. The third-order valence-corrected chi connectivity index (χ3v) is 6.33. The monoisotopic (exact) mass is 494 g/mol. The van der Waals surface area contributed by atoms with Crippen molar-refractivity contribution in [1.82, 2.24) is 14.8 Å². The second kappa shape index (κ2) is 10.6. The van der Waals surface area contributed by atoms with Gasteiger partial charge in [-0.1, -0.05) is 41.6 Å². The average molecular weight is 495 g/mol. The minimum absolute atomic E-state index is 0.171. The molecular formula is C25H23ClN4O3S. The molecule has 0 aliphatic carbocycles. The van der Waals surface area contributed by atoms with Crippen LogP contribution >= 0.6 is 23.4 Å². The van der Waals surface area contributed by atoms with Gasteiger partial charge in [0.2, 0.25) is 5.91 Å². The molecule has 1 N–H and O–H groups in total. The van der Waals surface area contributed by atoms with Gasteiger partial charge in [0.15, 0.2) is 11.0 Å². The maximum Gasteiger partial charge on any atom is 0.237 e. The van der Waals surface area contributed by atoms with Crippen LogP contribution in [0.4, 0.5) is 5.69 Å². The maximum atomic E-state index is 12.9. The molecule has 1 aromatic heterocycles. The van der Waals surface area contributed by atoms with E-state index in [2.05, 4.69) is 15.5 Å². The summed E-state index contributed by atoms with van der Waals surface area (Å²) in [4.78, 5) is 12.9. The zero-order valence-electron chi connectivity index (χ0n) is 18.9. The molecule has 0 aliphatic heterocycles. The molecule has 174 valence electrons. The number of hydrogen-bond acceptors (Lipinski definition) is 6. The van der Waals surface area contributed by atoms with Gasteiger partial charge in [0.1, 0.15) is 11.5 Å². The summed E-state index contributed by atoms with van der Waals surface area (Å²) in [5, 5.41) is 12.4. The summed E-state index contributed by atoms with van der Waals surface area (Å²) >= 11 is 7.34.